The van der Waals surface area contributed by atoms with E-state index in [0.29, 0.717) is 23.5 Å². The second-order valence-electron chi connectivity index (χ2n) is 5.05. The summed E-state index contributed by atoms with van der Waals surface area (Å²) in [7, 11) is 0. The van der Waals surface area contributed by atoms with Crippen LogP contribution in [0.1, 0.15) is 27.2 Å². The third kappa shape index (κ3) is 2.74. The summed E-state index contributed by atoms with van der Waals surface area (Å²) in [4.78, 5) is 14.7. The van der Waals surface area contributed by atoms with Crippen molar-refractivity contribution in [3.8, 4) is 11.8 Å². The molecule has 0 aliphatic carbocycles. The van der Waals surface area contributed by atoms with Gasteiger partial charge in [-0.25, -0.2) is 0 Å². The van der Waals surface area contributed by atoms with Crippen LogP contribution in [0.3, 0.4) is 0 Å². The van der Waals surface area contributed by atoms with E-state index in [-0.39, 0.29) is 11.7 Å². The van der Waals surface area contributed by atoms with E-state index in [1.54, 1.807) is 28.5 Å². The van der Waals surface area contributed by atoms with Gasteiger partial charge in [0.1, 0.15) is 16.7 Å². The van der Waals surface area contributed by atoms with Gasteiger partial charge in [0.2, 0.25) is 0 Å². The zero-order valence-corrected chi connectivity index (χ0v) is 12.6. The zero-order valence-electron chi connectivity index (χ0n) is 11.8. The molecule has 0 saturated heterocycles. The number of hydrogen-bond donors (Lipinski definition) is 1. The molecule has 0 radical (unpaired) electrons. The molecule has 1 aliphatic rings. The molecule has 0 saturated carbocycles. The van der Waals surface area contributed by atoms with Gasteiger partial charge in [-0.05, 0) is 41.1 Å². The number of benzene rings is 1. The van der Waals surface area contributed by atoms with Gasteiger partial charge in [0, 0.05) is 13.1 Å². The van der Waals surface area contributed by atoms with Crippen molar-refractivity contribution < 1.29 is 9.90 Å². The summed E-state index contributed by atoms with van der Waals surface area (Å²) in [5.41, 5.74) is 2.69. The van der Waals surface area contributed by atoms with Crippen LogP contribution in [-0.2, 0) is 0 Å². The minimum atomic E-state index is -0.0763. The van der Waals surface area contributed by atoms with E-state index in [2.05, 4.69) is 6.07 Å². The molecule has 0 atom stereocenters. The maximum absolute atomic E-state index is 12.5. The molecule has 1 amide bonds. The molecule has 3 rings (SSSR count). The molecule has 22 heavy (non-hydrogen) atoms. The largest absolute Gasteiger partial charge is 0.508 e. The van der Waals surface area contributed by atoms with Gasteiger partial charge in [0.05, 0.1) is 5.56 Å². The number of nitriles is 1. The number of phenols is 1. The number of amides is 1. The topological polar surface area (TPSA) is 64.3 Å². The van der Waals surface area contributed by atoms with Gasteiger partial charge in [-0.1, -0.05) is 18.2 Å². The predicted molar refractivity (Wildman–Crippen MR) is 85.6 cm³/mol. The van der Waals surface area contributed by atoms with Gasteiger partial charge in [-0.3, -0.25) is 4.79 Å². The minimum Gasteiger partial charge on any atom is -0.508 e. The first-order valence-corrected chi connectivity index (χ1v) is 7.82. The van der Waals surface area contributed by atoms with Crippen LogP contribution < -0.4 is 0 Å². The average Bonchev–Trinajstić information content (AvgIpc) is 3.04. The number of thiophene rings is 1. The molecule has 0 fully saturated rings. The first kappa shape index (κ1) is 14.4. The Morgan fingerprint density at radius 1 is 1.27 bits per heavy atom. The summed E-state index contributed by atoms with van der Waals surface area (Å²) in [6.07, 6.45) is 2.80. The fourth-order valence-corrected chi connectivity index (χ4v) is 3.31. The molecule has 1 aromatic carbocycles. The zero-order chi connectivity index (χ0) is 15.5. The number of rotatable bonds is 2. The lowest BCUT2D eigenvalue weighted by molar-refractivity contribution is 0.0777. The summed E-state index contributed by atoms with van der Waals surface area (Å²) >= 11 is 1.31. The van der Waals surface area contributed by atoms with E-state index in [4.69, 9.17) is 5.26 Å². The van der Waals surface area contributed by atoms with E-state index in [9.17, 15) is 9.90 Å². The van der Waals surface area contributed by atoms with Crippen LogP contribution >= 0.6 is 11.3 Å². The fraction of sp³-hybridized carbons (Fsp3) is 0.176. The Morgan fingerprint density at radius 2 is 2.05 bits per heavy atom. The lowest BCUT2D eigenvalue weighted by Gasteiger charge is -2.26. The average molecular weight is 310 g/mol. The Labute approximate surface area is 132 Å². The van der Waals surface area contributed by atoms with Gasteiger partial charge in [0.25, 0.3) is 5.91 Å². The molecule has 2 aromatic rings. The van der Waals surface area contributed by atoms with Crippen LogP contribution in [0.2, 0.25) is 0 Å². The maximum atomic E-state index is 12.5. The quantitative estimate of drug-likeness (QED) is 0.926. The Morgan fingerprint density at radius 3 is 2.68 bits per heavy atom. The highest BCUT2D eigenvalue weighted by molar-refractivity contribution is 7.12. The number of nitrogens with zero attached hydrogens (tertiary/aromatic N) is 2. The van der Waals surface area contributed by atoms with Gasteiger partial charge < -0.3 is 10.0 Å². The molecule has 0 spiro atoms. The summed E-state index contributed by atoms with van der Waals surface area (Å²) < 4.78 is 0. The molecule has 1 aromatic heterocycles. The summed E-state index contributed by atoms with van der Waals surface area (Å²) in [6, 6.07) is 10.8. The van der Waals surface area contributed by atoms with Crippen LogP contribution in [0.4, 0.5) is 0 Å². The number of carbonyl (C=O) groups is 1. The van der Waals surface area contributed by atoms with Crippen LogP contribution in [0.15, 0.2) is 41.8 Å². The highest BCUT2D eigenvalue weighted by Crippen LogP contribution is 2.26. The van der Waals surface area contributed by atoms with E-state index < -0.39 is 0 Å². The Hall–Kier alpha value is -2.58. The number of hydrogen-bond acceptors (Lipinski definition) is 4. The van der Waals surface area contributed by atoms with Crippen molar-refractivity contribution in [2.45, 2.75) is 6.42 Å². The molecule has 1 N–H and O–H groups in total. The van der Waals surface area contributed by atoms with Crippen molar-refractivity contribution in [1.82, 2.24) is 4.90 Å². The fourth-order valence-electron chi connectivity index (χ4n) is 2.50. The van der Waals surface area contributed by atoms with Crippen molar-refractivity contribution in [3.63, 3.8) is 0 Å². The van der Waals surface area contributed by atoms with E-state index in [0.717, 1.165) is 12.0 Å². The second-order valence-corrected chi connectivity index (χ2v) is 5.97. The molecule has 5 heteroatoms. The van der Waals surface area contributed by atoms with Crippen molar-refractivity contribution in [2.75, 3.05) is 13.1 Å². The highest BCUT2D eigenvalue weighted by Gasteiger charge is 2.22. The lowest BCUT2D eigenvalue weighted by atomic mass is 9.99. The van der Waals surface area contributed by atoms with Crippen molar-refractivity contribution in [1.29, 1.82) is 5.26 Å². The molecule has 110 valence electrons. The van der Waals surface area contributed by atoms with E-state index in [1.165, 1.54) is 16.9 Å². The van der Waals surface area contributed by atoms with E-state index >= 15 is 0 Å². The normalized spacial score (nSPS) is 14.3. The Kier molecular flexibility index (Phi) is 3.94. The molecule has 0 bridgehead atoms. The van der Waals surface area contributed by atoms with Crippen molar-refractivity contribution >= 4 is 22.8 Å². The van der Waals surface area contributed by atoms with Crippen LogP contribution in [0.25, 0.3) is 5.57 Å². The van der Waals surface area contributed by atoms with Crippen LogP contribution in [-0.4, -0.2) is 29.0 Å². The number of carbonyl (C=O) groups excluding carboxylic acids is 1. The van der Waals surface area contributed by atoms with Gasteiger partial charge in [0.15, 0.2) is 0 Å². The number of phenolic OH excluding ortho intramolecular Hbond substituents is 1. The van der Waals surface area contributed by atoms with Gasteiger partial charge in [-0.2, -0.15) is 5.26 Å². The summed E-state index contributed by atoms with van der Waals surface area (Å²) in [6.45, 7) is 1.17. The molecule has 4 nitrogen and oxygen atoms in total. The SMILES string of the molecule is N#Cc1ccsc1C(=O)N1CC=C(c2ccc(O)cc2)CC1. The third-order valence-corrected chi connectivity index (χ3v) is 4.62. The maximum Gasteiger partial charge on any atom is 0.265 e. The smallest absolute Gasteiger partial charge is 0.265 e. The lowest BCUT2D eigenvalue weighted by Crippen LogP contribution is -2.34. The standard InChI is InChI=1S/C17H14N2O2S/c18-11-14-7-10-22-16(14)17(21)19-8-5-13(6-9-19)12-1-3-15(20)4-2-12/h1-5,7,10,20H,6,8-9H2. The first-order chi connectivity index (χ1) is 10.7. The molecular formula is C17H14N2O2S. The summed E-state index contributed by atoms with van der Waals surface area (Å²) in [5, 5.41) is 20.1. The third-order valence-electron chi connectivity index (χ3n) is 3.71. The molecular weight excluding hydrogens is 296 g/mol. The van der Waals surface area contributed by atoms with Crippen LogP contribution in [0.5, 0.6) is 5.75 Å². The monoisotopic (exact) mass is 310 g/mol. The predicted octanol–water partition coefficient (Wildman–Crippen LogP) is 3.25. The molecule has 2 heterocycles. The Balaban J connectivity index is 1.75. The van der Waals surface area contributed by atoms with Gasteiger partial charge in [-0.15, -0.1) is 11.3 Å². The minimum absolute atomic E-state index is 0.0763. The van der Waals surface area contributed by atoms with Crippen molar-refractivity contribution in [3.05, 3.63) is 57.8 Å². The molecule has 1 aliphatic heterocycles. The van der Waals surface area contributed by atoms with Gasteiger partial charge >= 0.3 is 0 Å². The summed E-state index contributed by atoms with van der Waals surface area (Å²) in [5.74, 6) is 0.172. The molecule has 0 unspecified atom stereocenters. The van der Waals surface area contributed by atoms with Crippen molar-refractivity contribution in [2.24, 2.45) is 0 Å². The Bertz CT molecular complexity index is 769. The van der Waals surface area contributed by atoms with E-state index in [1.807, 2.05) is 18.2 Å². The first-order valence-electron chi connectivity index (χ1n) is 6.94. The van der Waals surface area contributed by atoms with Crippen LogP contribution in [0, 0.1) is 11.3 Å². The highest BCUT2D eigenvalue weighted by atomic mass is 32.1. The number of aromatic hydroxyl groups is 1. The second kappa shape index (κ2) is 6.04.